The second-order valence-electron chi connectivity index (χ2n) is 3.21. The Balaban J connectivity index is 2.24. The van der Waals surface area contributed by atoms with Crippen LogP contribution in [0.15, 0.2) is 18.2 Å². The lowest BCUT2D eigenvalue weighted by atomic mass is 10.2. The Labute approximate surface area is 88.2 Å². The van der Waals surface area contributed by atoms with Crippen molar-refractivity contribution in [1.29, 1.82) is 0 Å². The van der Waals surface area contributed by atoms with E-state index in [2.05, 4.69) is 5.32 Å². The summed E-state index contributed by atoms with van der Waals surface area (Å²) in [6.45, 7) is 3.59. The third-order valence-electron chi connectivity index (χ3n) is 2.17. The number of nitrogens with one attached hydrogen (secondary N) is 1. The van der Waals surface area contributed by atoms with Crippen molar-refractivity contribution in [2.45, 2.75) is 6.92 Å². The number of carbonyl (C=O) groups is 1. The summed E-state index contributed by atoms with van der Waals surface area (Å²) in [6, 6.07) is 5.28. The van der Waals surface area contributed by atoms with E-state index in [0.717, 1.165) is 12.2 Å². The van der Waals surface area contributed by atoms with E-state index in [9.17, 15) is 4.79 Å². The first kappa shape index (κ1) is 9.83. The summed E-state index contributed by atoms with van der Waals surface area (Å²) >= 11 is 0. The maximum atomic E-state index is 11.4. The average molecular weight is 207 g/mol. The Kier molecular flexibility index (Phi) is 2.76. The van der Waals surface area contributed by atoms with Crippen molar-refractivity contribution in [2.24, 2.45) is 0 Å². The van der Waals surface area contributed by atoms with E-state index in [1.807, 2.05) is 6.07 Å². The van der Waals surface area contributed by atoms with E-state index >= 15 is 0 Å². The predicted octanol–water partition coefficient (Wildman–Crippen LogP) is 1.67. The van der Waals surface area contributed by atoms with Gasteiger partial charge in [0.2, 0.25) is 0 Å². The van der Waals surface area contributed by atoms with Crippen molar-refractivity contribution in [1.82, 2.24) is 0 Å². The Morgan fingerprint density at radius 3 is 3.27 bits per heavy atom. The van der Waals surface area contributed by atoms with E-state index in [0.29, 0.717) is 24.5 Å². The molecule has 0 atom stereocenters. The molecular weight excluding hydrogens is 194 g/mol. The molecule has 80 valence electrons. The van der Waals surface area contributed by atoms with Crippen LogP contribution in [-0.2, 0) is 4.74 Å². The molecular formula is C11H13NO3. The van der Waals surface area contributed by atoms with Crippen LogP contribution in [0.2, 0.25) is 0 Å². The van der Waals surface area contributed by atoms with Crippen LogP contribution in [0.4, 0.5) is 5.69 Å². The number of hydrogen-bond acceptors (Lipinski definition) is 4. The van der Waals surface area contributed by atoms with Crippen LogP contribution in [0.25, 0.3) is 0 Å². The van der Waals surface area contributed by atoms with Crippen LogP contribution in [-0.4, -0.2) is 25.7 Å². The van der Waals surface area contributed by atoms with Gasteiger partial charge < -0.3 is 14.8 Å². The van der Waals surface area contributed by atoms with Gasteiger partial charge in [-0.2, -0.15) is 0 Å². The van der Waals surface area contributed by atoms with Gasteiger partial charge in [0.1, 0.15) is 12.4 Å². The van der Waals surface area contributed by atoms with Gasteiger partial charge in [0.15, 0.2) is 0 Å². The summed E-state index contributed by atoms with van der Waals surface area (Å²) in [5.41, 5.74) is 1.45. The van der Waals surface area contributed by atoms with Crippen molar-refractivity contribution in [3.8, 4) is 5.75 Å². The summed E-state index contributed by atoms with van der Waals surface area (Å²) in [5.74, 6) is 0.404. The summed E-state index contributed by atoms with van der Waals surface area (Å²) in [6.07, 6.45) is 0. The minimum atomic E-state index is -0.311. The topological polar surface area (TPSA) is 47.6 Å². The number of rotatable bonds is 2. The first-order valence-electron chi connectivity index (χ1n) is 4.99. The van der Waals surface area contributed by atoms with Crippen molar-refractivity contribution in [2.75, 3.05) is 25.1 Å². The molecule has 1 aromatic carbocycles. The lowest BCUT2D eigenvalue weighted by Gasteiger charge is -2.19. The highest BCUT2D eigenvalue weighted by atomic mass is 16.5. The molecule has 0 aliphatic carbocycles. The molecule has 1 aromatic rings. The molecule has 0 radical (unpaired) electrons. The second-order valence-corrected chi connectivity index (χ2v) is 3.21. The number of benzene rings is 1. The fraction of sp³-hybridized carbons (Fsp3) is 0.364. The summed E-state index contributed by atoms with van der Waals surface area (Å²) in [4.78, 5) is 11.4. The lowest BCUT2D eigenvalue weighted by Crippen LogP contribution is -2.18. The number of anilines is 1. The zero-order chi connectivity index (χ0) is 10.7. The standard InChI is InChI=1S/C11H13NO3/c1-2-14-11(13)8-3-4-9-10(7-8)15-6-5-12-9/h3-4,7,12H,2,5-6H2,1H3. The molecule has 0 aromatic heterocycles. The van der Waals surface area contributed by atoms with Crippen molar-refractivity contribution in [3.63, 3.8) is 0 Å². The highest BCUT2D eigenvalue weighted by molar-refractivity contribution is 5.90. The molecule has 0 fully saturated rings. The van der Waals surface area contributed by atoms with Gasteiger partial charge in [-0.05, 0) is 25.1 Å². The number of carbonyl (C=O) groups excluding carboxylic acids is 1. The molecule has 1 heterocycles. The Morgan fingerprint density at radius 2 is 2.47 bits per heavy atom. The molecule has 0 saturated carbocycles. The molecule has 2 rings (SSSR count). The van der Waals surface area contributed by atoms with Gasteiger partial charge in [-0.1, -0.05) is 0 Å². The van der Waals surface area contributed by atoms with Gasteiger partial charge in [0, 0.05) is 6.54 Å². The van der Waals surface area contributed by atoms with Crippen LogP contribution in [0.1, 0.15) is 17.3 Å². The Hall–Kier alpha value is -1.71. The van der Waals surface area contributed by atoms with Crippen LogP contribution < -0.4 is 10.1 Å². The molecule has 1 aliphatic rings. The van der Waals surface area contributed by atoms with Gasteiger partial charge in [0.25, 0.3) is 0 Å². The maximum Gasteiger partial charge on any atom is 0.338 e. The average Bonchev–Trinajstić information content (AvgIpc) is 2.29. The molecule has 0 unspecified atom stereocenters. The van der Waals surface area contributed by atoms with E-state index in [1.54, 1.807) is 19.1 Å². The molecule has 1 N–H and O–H groups in total. The fourth-order valence-electron chi connectivity index (χ4n) is 1.48. The van der Waals surface area contributed by atoms with Crippen LogP contribution in [0, 0.1) is 0 Å². The number of esters is 1. The van der Waals surface area contributed by atoms with Gasteiger partial charge in [0.05, 0.1) is 17.9 Å². The summed E-state index contributed by atoms with van der Waals surface area (Å²) < 4.78 is 10.3. The molecule has 0 amide bonds. The molecule has 4 heteroatoms. The number of hydrogen-bond donors (Lipinski definition) is 1. The monoisotopic (exact) mass is 207 g/mol. The van der Waals surface area contributed by atoms with Crippen LogP contribution in [0.5, 0.6) is 5.75 Å². The minimum Gasteiger partial charge on any atom is -0.490 e. The third-order valence-corrected chi connectivity index (χ3v) is 2.17. The zero-order valence-corrected chi connectivity index (χ0v) is 8.58. The molecule has 15 heavy (non-hydrogen) atoms. The Morgan fingerprint density at radius 1 is 1.60 bits per heavy atom. The third kappa shape index (κ3) is 2.03. The molecule has 0 bridgehead atoms. The molecule has 4 nitrogen and oxygen atoms in total. The zero-order valence-electron chi connectivity index (χ0n) is 8.58. The number of fused-ring (bicyclic) bond motifs is 1. The molecule has 1 aliphatic heterocycles. The normalized spacial score (nSPS) is 13.4. The fourth-order valence-corrected chi connectivity index (χ4v) is 1.48. The van der Waals surface area contributed by atoms with Gasteiger partial charge in [-0.25, -0.2) is 4.79 Å². The molecule has 0 saturated heterocycles. The van der Waals surface area contributed by atoms with E-state index in [-0.39, 0.29) is 5.97 Å². The van der Waals surface area contributed by atoms with Gasteiger partial charge in [-0.3, -0.25) is 0 Å². The van der Waals surface area contributed by atoms with Crippen LogP contribution >= 0.6 is 0 Å². The SMILES string of the molecule is CCOC(=O)c1ccc2c(c1)OCCN2. The summed E-state index contributed by atoms with van der Waals surface area (Å²) in [7, 11) is 0. The number of ether oxygens (including phenoxy) is 2. The first-order valence-corrected chi connectivity index (χ1v) is 4.99. The highest BCUT2D eigenvalue weighted by Gasteiger charge is 2.13. The summed E-state index contributed by atoms with van der Waals surface area (Å²) in [5, 5.41) is 3.18. The quantitative estimate of drug-likeness (QED) is 0.749. The second kappa shape index (κ2) is 4.21. The van der Waals surface area contributed by atoms with E-state index in [4.69, 9.17) is 9.47 Å². The van der Waals surface area contributed by atoms with Gasteiger partial charge in [-0.15, -0.1) is 0 Å². The largest absolute Gasteiger partial charge is 0.490 e. The molecule has 0 spiro atoms. The minimum absolute atomic E-state index is 0.311. The van der Waals surface area contributed by atoms with Crippen LogP contribution in [0.3, 0.4) is 0 Å². The van der Waals surface area contributed by atoms with Crippen molar-refractivity contribution >= 4 is 11.7 Å². The Bertz CT molecular complexity index is 376. The van der Waals surface area contributed by atoms with Gasteiger partial charge >= 0.3 is 5.97 Å². The smallest absolute Gasteiger partial charge is 0.338 e. The van der Waals surface area contributed by atoms with Crippen molar-refractivity contribution < 1.29 is 14.3 Å². The van der Waals surface area contributed by atoms with E-state index in [1.165, 1.54) is 0 Å². The van der Waals surface area contributed by atoms with Crippen molar-refractivity contribution in [3.05, 3.63) is 23.8 Å². The lowest BCUT2D eigenvalue weighted by molar-refractivity contribution is 0.0526. The first-order chi connectivity index (χ1) is 7.31. The highest BCUT2D eigenvalue weighted by Crippen LogP contribution is 2.28. The predicted molar refractivity (Wildman–Crippen MR) is 56.4 cm³/mol. The van der Waals surface area contributed by atoms with E-state index < -0.39 is 0 Å². The maximum absolute atomic E-state index is 11.4.